The molecule has 2 aromatic rings. The van der Waals surface area contributed by atoms with Crippen LogP contribution < -0.4 is 11.1 Å². The summed E-state index contributed by atoms with van der Waals surface area (Å²) in [6, 6.07) is 15.9. The number of carbonyl (C=O) groups is 1. The molecule has 3 N–H and O–H groups in total. The van der Waals surface area contributed by atoms with Crippen LogP contribution in [-0.2, 0) is 19.5 Å². The highest BCUT2D eigenvalue weighted by Gasteiger charge is 2.07. The highest BCUT2D eigenvalue weighted by Crippen LogP contribution is 2.08. The first-order valence-electron chi connectivity index (χ1n) is 8.41. The van der Waals surface area contributed by atoms with E-state index in [1.54, 1.807) is 19.2 Å². The Morgan fingerprint density at radius 2 is 1.60 bits per heavy atom. The summed E-state index contributed by atoms with van der Waals surface area (Å²) in [6.45, 7) is 3.57. The van der Waals surface area contributed by atoms with Crippen LogP contribution in [0.3, 0.4) is 0 Å². The molecule has 0 fully saturated rings. The summed E-state index contributed by atoms with van der Waals surface area (Å²) in [7, 11) is 3.79. The molecule has 2 aromatic carbocycles. The van der Waals surface area contributed by atoms with Crippen molar-refractivity contribution in [3.8, 4) is 0 Å². The predicted molar refractivity (Wildman–Crippen MR) is 102 cm³/mol. The normalized spacial score (nSPS) is 11.2. The molecule has 0 aliphatic heterocycles. The van der Waals surface area contributed by atoms with Gasteiger partial charge in [0.25, 0.3) is 0 Å². The van der Waals surface area contributed by atoms with E-state index in [0.717, 1.165) is 24.5 Å². The molecular formula is C20H26N4O. The fraction of sp³-hybridized carbons (Fsp3) is 0.300. The Balaban J connectivity index is 1.93. The molecule has 0 aromatic heterocycles. The van der Waals surface area contributed by atoms with Crippen LogP contribution in [0.1, 0.15) is 34.0 Å². The minimum atomic E-state index is -0.413. The SMILES string of the molecule is CCc1ccc(CN(C)C(=NC)NCc2ccc(C(N)=O)cc2)cc1. The van der Waals surface area contributed by atoms with Crippen molar-refractivity contribution >= 4 is 11.9 Å². The van der Waals surface area contributed by atoms with Gasteiger partial charge < -0.3 is 16.0 Å². The second-order valence-corrected chi connectivity index (χ2v) is 5.99. The molecule has 132 valence electrons. The number of primary amides is 1. The summed E-state index contributed by atoms with van der Waals surface area (Å²) in [5.41, 5.74) is 9.42. The van der Waals surface area contributed by atoms with Crippen LogP contribution in [0.4, 0.5) is 0 Å². The zero-order valence-corrected chi connectivity index (χ0v) is 15.1. The Morgan fingerprint density at radius 1 is 1.04 bits per heavy atom. The van der Waals surface area contributed by atoms with E-state index < -0.39 is 5.91 Å². The van der Waals surface area contributed by atoms with E-state index >= 15 is 0 Å². The number of aliphatic imine (C=N–C) groups is 1. The molecule has 5 nitrogen and oxygen atoms in total. The van der Waals surface area contributed by atoms with E-state index in [9.17, 15) is 4.79 Å². The largest absolute Gasteiger partial charge is 0.366 e. The first-order valence-corrected chi connectivity index (χ1v) is 8.41. The van der Waals surface area contributed by atoms with Crippen LogP contribution >= 0.6 is 0 Å². The lowest BCUT2D eigenvalue weighted by molar-refractivity contribution is 0.100. The van der Waals surface area contributed by atoms with Gasteiger partial charge in [0.05, 0.1) is 0 Å². The predicted octanol–water partition coefficient (Wildman–Crippen LogP) is 2.56. The third-order valence-electron chi connectivity index (χ3n) is 4.11. The highest BCUT2D eigenvalue weighted by molar-refractivity contribution is 5.92. The number of nitrogens with two attached hydrogens (primary N) is 1. The van der Waals surface area contributed by atoms with Gasteiger partial charge in [-0.1, -0.05) is 43.3 Å². The molecule has 0 atom stereocenters. The molecule has 25 heavy (non-hydrogen) atoms. The molecule has 0 spiro atoms. The molecule has 5 heteroatoms. The minimum absolute atomic E-state index is 0.413. The zero-order valence-electron chi connectivity index (χ0n) is 15.1. The van der Waals surface area contributed by atoms with Gasteiger partial charge in [-0.05, 0) is 35.2 Å². The average Bonchev–Trinajstić information content (AvgIpc) is 2.63. The molecule has 0 unspecified atom stereocenters. The Hall–Kier alpha value is -2.82. The average molecular weight is 338 g/mol. The second kappa shape index (κ2) is 8.87. The number of rotatable bonds is 6. The maximum absolute atomic E-state index is 11.1. The van der Waals surface area contributed by atoms with E-state index in [0.29, 0.717) is 12.1 Å². The number of hydrogen-bond donors (Lipinski definition) is 2. The number of aryl methyl sites for hydroxylation is 1. The van der Waals surface area contributed by atoms with Gasteiger partial charge in [0.1, 0.15) is 0 Å². The first kappa shape index (κ1) is 18.5. The number of carbonyl (C=O) groups excluding carboxylic acids is 1. The molecule has 2 rings (SSSR count). The second-order valence-electron chi connectivity index (χ2n) is 5.99. The number of amides is 1. The minimum Gasteiger partial charge on any atom is -0.366 e. The molecular weight excluding hydrogens is 312 g/mol. The van der Waals surface area contributed by atoms with Gasteiger partial charge in [0, 0.05) is 32.7 Å². The van der Waals surface area contributed by atoms with Gasteiger partial charge in [-0.25, -0.2) is 0 Å². The van der Waals surface area contributed by atoms with E-state index in [4.69, 9.17) is 5.73 Å². The Bertz CT molecular complexity index is 720. The number of benzene rings is 2. The fourth-order valence-corrected chi connectivity index (χ4v) is 2.58. The monoisotopic (exact) mass is 338 g/mol. The number of guanidine groups is 1. The Kier molecular flexibility index (Phi) is 6.57. The number of nitrogens with one attached hydrogen (secondary N) is 1. The summed E-state index contributed by atoms with van der Waals surface area (Å²) in [4.78, 5) is 17.5. The molecule has 0 heterocycles. The molecule has 0 saturated carbocycles. The van der Waals surface area contributed by atoms with E-state index in [2.05, 4.69) is 46.4 Å². The standard InChI is InChI=1S/C20H26N4O/c1-4-15-5-7-17(8-6-15)14-24(3)20(22-2)23-13-16-9-11-18(12-10-16)19(21)25/h5-12H,4,13-14H2,1-3H3,(H2,21,25)(H,22,23). The van der Waals surface area contributed by atoms with E-state index in [1.807, 2.05) is 19.2 Å². The van der Waals surface area contributed by atoms with Crippen LogP contribution in [0.2, 0.25) is 0 Å². The van der Waals surface area contributed by atoms with Gasteiger partial charge in [0.15, 0.2) is 5.96 Å². The Labute approximate surface area is 149 Å². The van der Waals surface area contributed by atoms with Gasteiger partial charge in [-0.15, -0.1) is 0 Å². The molecule has 0 saturated heterocycles. The molecule has 1 amide bonds. The first-order chi connectivity index (χ1) is 12.0. The summed E-state index contributed by atoms with van der Waals surface area (Å²) in [6.07, 6.45) is 1.05. The van der Waals surface area contributed by atoms with Crippen molar-refractivity contribution in [2.24, 2.45) is 10.7 Å². The highest BCUT2D eigenvalue weighted by atomic mass is 16.1. The van der Waals surface area contributed by atoms with Gasteiger partial charge in [0.2, 0.25) is 5.91 Å². The number of hydrogen-bond acceptors (Lipinski definition) is 2. The quantitative estimate of drug-likeness (QED) is 0.628. The van der Waals surface area contributed by atoms with Crippen molar-refractivity contribution in [1.29, 1.82) is 0 Å². The van der Waals surface area contributed by atoms with Crippen molar-refractivity contribution in [3.63, 3.8) is 0 Å². The smallest absolute Gasteiger partial charge is 0.248 e. The Morgan fingerprint density at radius 3 is 2.12 bits per heavy atom. The summed E-state index contributed by atoms with van der Waals surface area (Å²) >= 11 is 0. The third-order valence-corrected chi connectivity index (χ3v) is 4.11. The molecule has 0 aliphatic rings. The van der Waals surface area contributed by atoms with Crippen LogP contribution in [0.5, 0.6) is 0 Å². The van der Waals surface area contributed by atoms with Crippen molar-refractivity contribution in [2.75, 3.05) is 14.1 Å². The summed E-state index contributed by atoms with van der Waals surface area (Å²) < 4.78 is 0. The van der Waals surface area contributed by atoms with E-state index in [-0.39, 0.29) is 0 Å². The van der Waals surface area contributed by atoms with E-state index in [1.165, 1.54) is 11.1 Å². The van der Waals surface area contributed by atoms with Crippen LogP contribution in [0, 0.1) is 0 Å². The van der Waals surface area contributed by atoms with Crippen LogP contribution in [0.25, 0.3) is 0 Å². The number of nitrogens with zero attached hydrogens (tertiary/aromatic N) is 2. The van der Waals surface area contributed by atoms with Crippen molar-refractivity contribution < 1.29 is 4.79 Å². The zero-order chi connectivity index (χ0) is 18.2. The van der Waals surface area contributed by atoms with Crippen molar-refractivity contribution in [2.45, 2.75) is 26.4 Å². The van der Waals surface area contributed by atoms with Crippen molar-refractivity contribution in [1.82, 2.24) is 10.2 Å². The van der Waals surface area contributed by atoms with Crippen LogP contribution in [-0.4, -0.2) is 30.9 Å². The molecule has 0 aliphatic carbocycles. The summed E-state index contributed by atoms with van der Waals surface area (Å²) in [5.74, 6) is 0.405. The lowest BCUT2D eigenvalue weighted by Gasteiger charge is -2.22. The lowest BCUT2D eigenvalue weighted by Crippen LogP contribution is -2.38. The van der Waals surface area contributed by atoms with Crippen LogP contribution in [0.15, 0.2) is 53.5 Å². The molecule has 0 bridgehead atoms. The topological polar surface area (TPSA) is 70.7 Å². The third kappa shape index (κ3) is 5.35. The van der Waals surface area contributed by atoms with Crippen molar-refractivity contribution in [3.05, 3.63) is 70.8 Å². The van der Waals surface area contributed by atoms with Gasteiger partial charge in [-0.3, -0.25) is 9.79 Å². The maximum atomic E-state index is 11.1. The fourth-order valence-electron chi connectivity index (χ4n) is 2.58. The lowest BCUT2D eigenvalue weighted by atomic mass is 10.1. The maximum Gasteiger partial charge on any atom is 0.248 e. The summed E-state index contributed by atoms with van der Waals surface area (Å²) in [5, 5.41) is 3.34. The molecule has 0 radical (unpaired) electrons. The van der Waals surface area contributed by atoms with Gasteiger partial charge in [-0.2, -0.15) is 0 Å². The van der Waals surface area contributed by atoms with Gasteiger partial charge >= 0.3 is 0 Å².